The van der Waals surface area contributed by atoms with Crippen molar-refractivity contribution in [2.24, 2.45) is 5.92 Å². The summed E-state index contributed by atoms with van der Waals surface area (Å²) in [5, 5.41) is 5.70. The predicted octanol–water partition coefficient (Wildman–Crippen LogP) is 5.42. The van der Waals surface area contributed by atoms with Crippen LogP contribution in [-0.2, 0) is 10.3 Å². The summed E-state index contributed by atoms with van der Waals surface area (Å²) in [6.45, 7) is 5.20. The van der Waals surface area contributed by atoms with Crippen LogP contribution in [0, 0.1) is 5.92 Å². The summed E-state index contributed by atoms with van der Waals surface area (Å²) in [6, 6.07) is 1.60. The van der Waals surface area contributed by atoms with Gasteiger partial charge in [0.1, 0.15) is 17.0 Å². The number of amides is 1. The van der Waals surface area contributed by atoms with Gasteiger partial charge in [0.05, 0.1) is 11.9 Å². The second-order valence-electron chi connectivity index (χ2n) is 8.50. The van der Waals surface area contributed by atoms with Crippen molar-refractivity contribution >= 4 is 11.8 Å². The normalized spacial score (nSPS) is 24.4. The highest BCUT2D eigenvalue weighted by Crippen LogP contribution is 2.50. The Labute approximate surface area is 168 Å². The molecule has 158 valence electrons. The fraction of sp³-hybridized carbons (Fsp3) is 0.524. The largest absolute Gasteiger partial charge is 0.444 e. The van der Waals surface area contributed by atoms with Crippen LogP contribution in [0.1, 0.15) is 52.0 Å². The fourth-order valence-electron chi connectivity index (χ4n) is 3.98. The second kappa shape index (κ2) is 7.72. The number of hydrogen-bond donors (Lipinski definition) is 2. The molecule has 2 heterocycles. The van der Waals surface area contributed by atoms with Gasteiger partial charge in [0, 0.05) is 24.6 Å². The van der Waals surface area contributed by atoms with E-state index in [0.29, 0.717) is 5.56 Å². The summed E-state index contributed by atoms with van der Waals surface area (Å²) in [5.74, 6) is -3.66. The standard InChI is InChI=1S/C21H26F3N3O2/c1-19(2,3)29-18(28)27-16-13-25-12-8-15(16)21(17(22)5-4-11-26-21)14-6-9-20(23,24)10-7-14/h4-5,8,11-14,26H,6-7,9-10H2,1-3H3,(H,27,28). The molecule has 8 heteroatoms. The Morgan fingerprint density at radius 3 is 2.62 bits per heavy atom. The van der Waals surface area contributed by atoms with Crippen molar-refractivity contribution in [2.45, 2.75) is 63.5 Å². The molecule has 2 N–H and O–H groups in total. The van der Waals surface area contributed by atoms with E-state index in [9.17, 15) is 13.6 Å². The Morgan fingerprint density at radius 2 is 2.00 bits per heavy atom. The molecular formula is C21H26F3N3O2. The number of aromatic nitrogens is 1. The van der Waals surface area contributed by atoms with Crippen LogP contribution >= 0.6 is 0 Å². The van der Waals surface area contributed by atoms with Crippen LogP contribution in [0.2, 0.25) is 0 Å². The first-order chi connectivity index (χ1) is 13.5. The molecule has 1 unspecified atom stereocenters. The number of nitrogens with zero attached hydrogens (tertiary/aromatic N) is 1. The first kappa shape index (κ1) is 21.2. The average molecular weight is 409 g/mol. The Hall–Kier alpha value is -2.51. The van der Waals surface area contributed by atoms with Crippen molar-refractivity contribution in [1.29, 1.82) is 0 Å². The highest BCUT2D eigenvalue weighted by Gasteiger charge is 2.50. The second-order valence-corrected chi connectivity index (χ2v) is 8.50. The van der Waals surface area contributed by atoms with Gasteiger partial charge in [0.2, 0.25) is 5.92 Å². The van der Waals surface area contributed by atoms with Crippen molar-refractivity contribution in [3.05, 3.63) is 48.2 Å². The number of allylic oxidation sites excluding steroid dienone is 2. The lowest BCUT2D eigenvalue weighted by Gasteiger charge is -2.45. The molecule has 1 aliphatic heterocycles. The number of ether oxygens (including phenoxy) is 1. The van der Waals surface area contributed by atoms with E-state index >= 15 is 4.39 Å². The number of halogens is 3. The van der Waals surface area contributed by atoms with Gasteiger partial charge in [-0.1, -0.05) is 0 Å². The van der Waals surface area contributed by atoms with E-state index in [1.54, 1.807) is 33.0 Å². The van der Waals surface area contributed by atoms with E-state index in [0.717, 1.165) is 0 Å². The Bertz CT molecular complexity index is 823. The summed E-state index contributed by atoms with van der Waals surface area (Å²) in [7, 11) is 0. The topological polar surface area (TPSA) is 63.2 Å². The molecule has 1 atom stereocenters. The molecule has 2 aliphatic rings. The number of pyridine rings is 1. The molecule has 1 amide bonds. The van der Waals surface area contributed by atoms with E-state index in [-0.39, 0.29) is 31.4 Å². The molecular weight excluding hydrogens is 383 g/mol. The van der Waals surface area contributed by atoms with Crippen molar-refractivity contribution in [2.75, 3.05) is 5.32 Å². The van der Waals surface area contributed by atoms with Gasteiger partial charge in [-0.25, -0.2) is 18.0 Å². The van der Waals surface area contributed by atoms with Gasteiger partial charge in [-0.2, -0.15) is 0 Å². The maximum Gasteiger partial charge on any atom is 0.412 e. The number of anilines is 1. The first-order valence-corrected chi connectivity index (χ1v) is 9.66. The number of dihydropyridines is 1. The third-order valence-electron chi connectivity index (χ3n) is 5.24. The van der Waals surface area contributed by atoms with Crippen LogP contribution < -0.4 is 10.6 Å². The van der Waals surface area contributed by atoms with Gasteiger partial charge in [0.25, 0.3) is 0 Å². The van der Waals surface area contributed by atoms with Crippen molar-refractivity contribution < 1.29 is 22.7 Å². The highest BCUT2D eigenvalue weighted by atomic mass is 19.3. The summed E-state index contributed by atoms with van der Waals surface area (Å²) in [4.78, 5) is 16.3. The van der Waals surface area contributed by atoms with Gasteiger partial charge >= 0.3 is 6.09 Å². The van der Waals surface area contributed by atoms with Gasteiger partial charge in [-0.3, -0.25) is 10.3 Å². The molecule has 0 saturated heterocycles. The number of nitrogens with one attached hydrogen (secondary N) is 2. The van der Waals surface area contributed by atoms with Crippen LogP contribution in [0.25, 0.3) is 0 Å². The molecule has 0 bridgehead atoms. The van der Waals surface area contributed by atoms with Gasteiger partial charge in [0.15, 0.2) is 0 Å². The zero-order chi connectivity index (χ0) is 21.3. The van der Waals surface area contributed by atoms with Crippen molar-refractivity contribution in [3.8, 4) is 0 Å². The summed E-state index contributed by atoms with van der Waals surface area (Å²) >= 11 is 0. The predicted molar refractivity (Wildman–Crippen MR) is 104 cm³/mol. The van der Waals surface area contributed by atoms with Crippen LogP contribution in [0.4, 0.5) is 23.7 Å². The van der Waals surface area contributed by atoms with E-state index in [1.807, 2.05) is 0 Å². The molecule has 0 aromatic carbocycles. The minimum atomic E-state index is -2.74. The summed E-state index contributed by atoms with van der Waals surface area (Å²) in [6.07, 6.45) is 6.30. The lowest BCUT2D eigenvalue weighted by Crippen LogP contribution is -2.50. The number of alkyl halides is 2. The van der Waals surface area contributed by atoms with E-state index in [1.165, 1.54) is 24.5 Å². The van der Waals surface area contributed by atoms with Crippen LogP contribution in [0.5, 0.6) is 0 Å². The Morgan fingerprint density at radius 1 is 1.31 bits per heavy atom. The van der Waals surface area contributed by atoms with E-state index in [2.05, 4.69) is 15.6 Å². The number of carbonyl (C=O) groups is 1. The lowest BCUT2D eigenvalue weighted by molar-refractivity contribution is -0.0560. The lowest BCUT2D eigenvalue weighted by atomic mass is 9.68. The Kier molecular flexibility index (Phi) is 5.65. The maximum absolute atomic E-state index is 15.4. The van der Waals surface area contributed by atoms with E-state index in [4.69, 9.17) is 4.74 Å². The SMILES string of the molecule is CC(C)(C)OC(=O)Nc1cnccc1C1(C2CCC(F)(F)CC2)NC=CC=C1F. The molecule has 1 aromatic rings. The quantitative estimate of drug-likeness (QED) is 0.700. The zero-order valence-electron chi connectivity index (χ0n) is 16.8. The van der Waals surface area contributed by atoms with Crippen LogP contribution in [0.15, 0.2) is 42.6 Å². The fourth-order valence-corrected chi connectivity index (χ4v) is 3.98. The minimum Gasteiger partial charge on any atom is -0.444 e. The number of carbonyl (C=O) groups excluding carboxylic acids is 1. The summed E-state index contributed by atoms with van der Waals surface area (Å²) < 4.78 is 48.2. The van der Waals surface area contributed by atoms with E-state index < -0.39 is 34.9 Å². The van der Waals surface area contributed by atoms with Crippen LogP contribution in [-0.4, -0.2) is 22.6 Å². The molecule has 1 aliphatic carbocycles. The summed E-state index contributed by atoms with van der Waals surface area (Å²) in [5.41, 5.74) is -1.38. The van der Waals surface area contributed by atoms with Gasteiger partial charge in [-0.15, -0.1) is 0 Å². The van der Waals surface area contributed by atoms with Crippen molar-refractivity contribution in [1.82, 2.24) is 10.3 Å². The minimum absolute atomic E-state index is 0.142. The smallest absolute Gasteiger partial charge is 0.412 e. The maximum atomic E-state index is 15.4. The number of rotatable bonds is 3. The monoisotopic (exact) mass is 409 g/mol. The number of hydrogen-bond acceptors (Lipinski definition) is 4. The molecule has 5 nitrogen and oxygen atoms in total. The molecule has 1 aromatic heterocycles. The molecule has 1 fully saturated rings. The molecule has 0 radical (unpaired) electrons. The van der Waals surface area contributed by atoms with Crippen molar-refractivity contribution in [3.63, 3.8) is 0 Å². The van der Waals surface area contributed by atoms with Gasteiger partial charge in [-0.05, 0) is 63.9 Å². The van der Waals surface area contributed by atoms with Gasteiger partial charge < -0.3 is 10.1 Å². The third kappa shape index (κ3) is 4.57. The first-order valence-electron chi connectivity index (χ1n) is 9.66. The highest BCUT2D eigenvalue weighted by molar-refractivity contribution is 5.86. The third-order valence-corrected chi connectivity index (χ3v) is 5.24. The average Bonchev–Trinajstić information content (AvgIpc) is 2.61. The van der Waals surface area contributed by atoms with Crippen LogP contribution in [0.3, 0.4) is 0 Å². The zero-order valence-corrected chi connectivity index (χ0v) is 16.8. The molecule has 1 saturated carbocycles. The molecule has 3 rings (SSSR count). The Balaban J connectivity index is 1.99. The molecule has 29 heavy (non-hydrogen) atoms. The molecule has 0 spiro atoms.